The minimum atomic E-state index is -1.13. The Morgan fingerprint density at radius 2 is 2.03 bits per heavy atom. The second kappa shape index (κ2) is 10.3. The van der Waals surface area contributed by atoms with Gasteiger partial charge in [-0.1, -0.05) is 12.1 Å². The van der Waals surface area contributed by atoms with E-state index in [0.29, 0.717) is 22.5 Å². The summed E-state index contributed by atoms with van der Waals surface area (Å²) in [6.45, 7) is 1.49. The van der Waals surface area contributed by atoms with Crippen molar-refractivity contribution in [2.24, 2.45) is 5.73 Å². The molecule has 1 aromatic carbocycles. The molecule has 180 valence electrons. The Bertz CT molecular complexity index is 1360. The Kier molecular flexibility index (Phi) is 6.97. The summed E-state index contributed by atoms with van der Waals surface area (Å²) in [6, 6.07) is 10.4. The van der Waals surface area contributed by atoms with E-state index < -0.39 is 24.2 Å². The zero-order valence-corrected chi connectivity index (χ0v) is 19.0. The molecule has 0 saturated heterocycles. The third-order valence-electron chi connectivity index (χ3n) is 5.37. The van der Waals surface area contributed by atoms with Crippen LogP contribution < -0.4 is 5.73 Å². The number of hydrogen-bond donors (Lipinski definition) is 3. The minimum absolute atomic E-state index is 0.110. The number of aromatic amines is 1. The quantitative estimate of drug-likeness (QED) is 0.336. The number of aliphatic carboxylic acids is 1. The van der Waals surface area contributed by atoms with Crippen LogP contribution in [0, 0.1) is 12.7 Å². The zero-order valence-electron chi connectivity index (χ0n) is 19.0. The molecule has 11 heteroatoms. The predicted molar refractivity (Wildman–Crippen MR) is 126 cm³/mol. The topological polar surface area (TPSA) is 143 Å². The number of nitrogens with two attached hydrogens (primary N) is 1. The highest BCUT2D eigenvalue weighted by Gasteiger charge is 2.19. The lowest BCUT2D eigenvalue weighted by Crippen LogP contribution is -2.40. The van der Waals surface area contributed by atoms with E-state index in [0.717, 1.165) is 21.7 Å². The summed E-state index contributed by atoms with van der Waals surface area (Å²) in [5.74, 6) is -2.03. The number of hydrogen-bond acceptors (Lipinski definition) is 6. The number of carbonyl (C=O) groups excluding carboxylic acids is 1. The van der Waals surface area contributed by atoms with E-state index in [-0.39, 0.29) is 19.6 Å². The molecule has 10 nitrogen and oxygen atoms in total. The molecule has 4 N–H and O–H groups in total. The lowest BCUT2D eigenvalue weighted by atomic mass is 9.99. The van der Waals surface area contributed by atoms with E-state index in [2.05, 4.69) is 20.3 Å². The lowest BCUT2D eigenvalue weighted by molar-refractivity contribution is -0.144. The predicted octanol–water partition coefficient (Wildman–Crippen LogP) is 2.32. The summed E-state index contributed by atoms with van der Waals surface area (Å²) in [5, 5.41) is 20.4. The lowest BCUT2D eigenvalue weighted by Gasteiger charge is -2.19. The van der Waals surface area contributed by atoms with Crippen LogP contribution in [-0.4, -0.2) is 66.5 Å². The Labute approximate surface area is 200 Å². The second-order valence-corrected chi connectivity index (χ2v) is 7.93. The summed E-state index contributed by atoms with van der Waals surface area (Å²) in [7, 11) is 0. The molecule has 0 aliphatic rings. The molecule has 0 unspecified atom stereocenters. The maximum atomic E-state index is 14.8. The Morgan fingerprint density at radius 1 is 1.20 bits per heavy atom. The van der Waals surface area contributed by atoms with Crippen molar-refractivity contribution in [2.75, 3.05) is 19.6 Å². The Morgan fingerprint density at radius 3 is 2.77 bits per heavy atom. The molecule has 0 radical (unpaired) electrons. The third-order valence-corrected chi connectivity index (χ3v) is 5.37. The van der Waals surface area contributed by atoms with Crippen molar-refractivity contribution in [3.8, 4) is 33.6 Å². The van der Waals surface area contributed by atoms with Crippen LogP contribution in [0.1, 0.15) is 5.69 Å². The van der Waals surface area contributed by atoms with E-state index in [1.54, 1.807) is 24.5 Å². The highest BCUT2D eigenvalue weighted by molar-refractivity contribution is 5.82. The first-order chi connectivity index (χ1) is 16.9. The number of benzene rings is 1. The van der Waals surface area contributed by atoms with Crippen LogP contribution in [-0.2, 0) is 16.1 Å². The maximum absolute atomic E-state index is 14.8. The van der Waals surface area contributed by atoms with Gasteiger partial charge in [-0.05, 0) is 36.8 Å². The van der Waals surface area contributed by atoms with Crippen LogP contribution in [0.15, 0.2) is 55.0 Å². The van der Waals surface area contributed by atoms with Gasteiger partial charge in [0.25, 0.3) is 0 Å². The highest BCUT2D eigenvalue weighted by Crippen LogP contribution is 2.33. The summed E-state index contributed by atoms with van der Waals surface area (Å²) >= 11 is 0. The van der Waals surface area contributed by atoms with E-state index in [1.165, 1.54) is 16.9 Å². The van der Waals surface area contributed by atoms with Gasteiger partial charge in [-0.15, -0.1) is 0 Å². The van der Waals surface area contributed by atoms with Crippen molar-refractivity contribution < 1.29 is 19.1 Å². The monoisotopic (exact) mass is 477 g/mol. The van der Waals surface area contributed by atoms with Crippen LogP contribution in [0.25, 0.3) is 33.6 Å². The average Bonchev–Trinajstić information content (AvgIpc) is 3.49. The van der Waals surface area contributed by atoms with Crippen LogP contribution in [0.2, 0.25) is 0 Å². The van der Waals surface area contributed by atoms with E-state index in [1.807, 2.05) is 25.1 Å². The zero-order chi connectivity index (χ0) is 24.9. The normalized spacial score (nSPS) is 10.9. The molecule has 3 aromatic heterocycles. The smallest absolute Gasteiger partial charge is 0.323 e. The molecule has 1 amide bonds. The number of nitrogens with zero attached hydrogens (tertiary/aromatic N) is 5. The van der Waals surface area contributed by atoms with Gasteiger partial charge in [-0.2, -0.15) is 10.2 Å². The molecule has 35 heavy (non-hydrogen) atoms. The molecule has 0 fully saturated rings. The van der Waals surface area contributed by atoms with Gasteiger partial charge >= 0.3 is 5.97 Å². The van der Waals surface area contributed by atoms with E-state index >= 15 is 0 Å². The van der Waals surface area contributed by atoms with Gasteiger partial charge in [-0.3, -0.25) is 24.4 Å². The largest absolute Gasteiger partial charge is 0.480 e. The number of aromatic nitrogens is 5. The fraction of sp³-hybridized carbons (Fsp3) is 0.208. The van der Waals surface area contributed by atoms with E-state index in [9.17, 15) is 14.0 Å². The first-order valence-corrected chi connectivity index (χ1v) is 10.9. The summed E-state index contributed by atoms with van der Waals surface area (Å²) in [5.41, 5.74) is 9.94. The Hall–Kier alpha value is -4.38. The fourth-order valence-corrected chi connectivity index (χ4v) is 3.73. The molecule has 0 saturated carbocycles. The number of H-pyrrole nitrogens is 1. The van der Waals surface area contributed by atoms with Crippen LogP contribution in [0.3, 0.4) is 0 Å². The number of carboxylic acid groups (broad SMARTS) is 1. The SMILES string of the molecule is Cc1cccc(-c2n[nH]cc2-c2ccc(F)c(-c3cnn(CC(=O)N(CCN)CC(=O)O)c3)c2)n1. The first-order valence-electron chi connectivity index (χ1n) is 10.9. The second-order valence-electron chi connectivity index (χ2n) is 7.93. The van der Waals surface area contributed by atoms with Gasteiger partial charge < -0.3 is 15.7 Å². The molecular weight excluding hydrogens is 453 g/mol. The number of aryl methyl sites for hydroxylation is 1. The molecular formula is C24H24FN7O3. The first kappa shape index (κ1) is 23.8. The molecule has 0 spiro atoms. The molecule has 0 bridgehead atoms. The van der Waals surface area contributed by atoms with Gasteiger partial charge in [0.15, 0.2) is 0 Å². The van der Waals surface area contributed by atoms with Crippen molar-refractivity contribution in [3.63, 3.8) is 0 Å². The fourth-order valence-electron chi connectivity index (χ4n) is 3.73. The number of carboxylic acids is 1. The van der Waals surface area contributed by atoms with Crippen molar-refractivity contribution in [2.45, 2.75) is 13.5 Å². The number of amides is 1. The minimum Gasteiger partial charge on any atom is -0.480 e. The van der Waals surface area contributed by atoms with Gasteiger partial charge in [0.1, 0.15) is 24.6 Å². The Balaban J connectivity index is 1.60. The van der Waals surface area contributed by atoms with Gasteiger partial charge in [-0.25, -0.2) is 4.39 Å². The molecule has 0 atom stereocenters. The van der Waals surface area contributed by atoms with E-state index in [4.69, 9.17) is 10.8 Å². The van der Waals surface area contributed by atoms with Crippen LogP contribution in [0.5, 0.6) is 0 Å². The number of nitrogens with one attached hydrogen (secondary N) is 1. The molecule has 3 heterocycles. The maximum Gasteiger partial charge on any atom is 0.323 e. The van der Waals surface area contributed by atoms with Crippen LogP contribution in [0.4, 0.5) is 4.39 Å². The number of carbonyl (C=O) groups is 2. The van der Waals surface area contributed by atoms with Crippen LogP contribution >= 0.6 is 0 Å². The molecule has 4 rings (SSSR count). The average molecular weight is 478 g/mol. The summed E-state index contributed by atoms with van der Waals surface area (Å²) < 4.78 is 16.1. The third kappa shape index (κ3) is 5.41. The molecule has 4 aromatic rings. The summed E-state index contributed by atoms with van der Waals surface area (Å²) in [6.07, 6.45) is 4.73. The highest BCUT2D eigenvalue weighted by atomic mass is 19.1. The number of pyridine rings is 1. The van der Waals surface area contributed by atoms with Gasteiger partial charge in [0.2, 0.25) is 5.91 Å². The molecule has 0 aliphatic carbocycles. The van der Waals surface area contributed by atoms with Crippen molar-refractivity contribution in [1.82, 2.24) is 29.9 Å². The summed E-state index contributed by atoms with van der Waals surface area (Å²) in [4.78, 5) is 29.2. The van der Waals surface area contributed by atoms with Crippen molar-refractivity contribution in [1.29, 1.82) is 0 Å². The van der Waals surface area contributed by atoms with Gasteiger partial charge in [0, 0.05) is 47.9 Å². The van der Waals surface area contributed by atoms with Crippen molar-refractivity contribution >= 4 is 11.9 Å². The standard InChI is InChI=1S/C24H24FN7O3/c1-15-3-2-4-21(29-15)24-19(11-27-30-24)16-5-6-20(25)18(9-16)17-10-28-32(12-17)13-22(33)31(8-7-26)14-23(34)35/h2-6,9-12H,7-8,13-14,26H2,1H3,(H,27,30)(H,34,35). The van der Waals surface area contributed by atoms with Gasteiger partial charge in [0.05, 0.1) is 11.9 Å². The number of halogens is 1. The molecule has 0 aliphatic heterocycles. The van der Waals surface area contributed by atoms with Crippen molar-refractivity contribution in [3.05, 3.63) is 66.5 Å². The number of rotatable bonds is 9.